The molecule has 7 atom stereocenters. The standard InChI is InChI=1S/C25H34F2O14S/c1-12(25(26,27)42(32,33)34)37-13(28)9-36-10-14(29)38-19-18-16(15-17(39-18)20(19)40-21(15)30)22(31)41-24(7-5-6-8-24)23(2,3)11-35-4/h12,15-20H,5-11H2,1-4H3,(H,32,33,34). The minimum absolute atomic E-state index is 0.330. The molecule has 4 fully saturated rings. The van der Waals surface area contributed by atoms with Crippen molar-refractivity contribution in [3.8, 4) is 0 Å². The van der Waals surface area contributed by atoms with Crippen molar-refractivity contribution < 1.29 is 74.1 Å². The smallest absolute Gasteiger partial charge is 0.405 e. The highest BCUT2D eigenvalue weighted by atomic mass is 32.2. The summed E-state index contributed by atoms with van der Waals surface area (Å²) < 4.78 is 94.3. The molecule has 7 unspecified atom stereocenters. The molecule has 1 N–H and O–H groups in total. The van der Waals surface area contributed by atoms with Crippen LogP contribution in [0.5, 0.6) is 0 Å². The highest BCUT2D eigenvalue weighted by molar-refractivity contribution is 7.86. The maximum Gasteiger partial charge on any atom is 0.405 e. The van der Waals surface area contributed by atoms with E-state index in [-0.39, 0.29) is 0 Å². The number of alkyl halides is 2. The third-order valence-electron chi connectivity index (χ3n) is 8.46. The fourth-order valence-corrected chi connectivity index (χ4v) is 6.74. The Morgan fingerprint density at radius 2 is 1.71 bits per heavy atom. The van der Waals surface area contributed by atoms with Gasteiger partial charge in [-0.05, 0) is 32.6 Å². The Hall–Kier alpha value is -2.47. The summed E-state index contributed by atoms with van der Waals surface area (Å²) in [6.45, 7) is 2.83. The van der Waals surface area contributed by atoms with Gasteiger partial charge in [0.05, 0.1) is 6.61 Å². The Bertz CT molecular complexity index is 1200. The lowest BCUT2D eigenvalue weighted by atomic mass is 9.73. The highest BCUT2D eigenvalue weighted by Gasteiger charge is 2.72. The van der Waals surface area contributed by atoms with E-state index in [1.807, 2.05) is 13.8 Å². The Labute approximate surface area is 240 Å². The Kier molecular flexibility index (Phi) is 8.93. The average Bonchev–Trinajstić information content (AvgIpc) is 3.62. The van der Waals surface area contributed by atoms with Gasteiger partial charge >= 0.3 is 39.2 Å². The van der Waals surface area contributed by atoms with Gasteiger partial charge in [-0.25, -0.2) is 9.59 Å². The molecule has 4 aliphatic rings. The van der Waals surface area contributed by atoms with Crippen LogP contribution < -0.4 is 0 Å². The molecule has 0 radical (unpaired) electrons. The van der Waals surface area contributed by atoms with Gasteiger partial charge in [-0.2, -0.15) is 17.2 Å². The van der Waals surface area contributed by atoms with E-state index < -0.39 is 106 Å². The van der Waals surface area contributed by atoms with Gasteiger partial charge < -0.3 is 33.2 Å². The fourth-order valence-electron chi connectivity index (χ4n) is 6.27. The summed E-state index contributed by atoms with van der Waals surface area (Å²) in [7, 11) is -4.30. The third kappa shape index (κ3) is 5.73. The second kappa shape index (κ2) is 11.6. The zero-order valence-corrected chi connectivity index (χ0v) is 24.2. The van der Waals surface area contributed by atoms with Crippen LogP contribution in [0.25, 0.3) is 0 Å². The number of hydrogen-bond donors (Lipinski definition) is 1. The molecule has 42 heavy (non-hydrogen) atoms. The van der Waals surface area contributed by atoms with Crippen LogP contribution in [0.3, 0.4) is 0 Å². The van der Waals surface area contributed by atoms with Crippen molar-refractivity contribution in [2.24, 2.45) is 17.3 Å². The SMILES string of the molecule is COCC(C)(C)C1(OC(=O)C2C3OC4C(OC(=O)C42)C3OC(=O)COCC(=O)OC(C)C(F)(F)S(=O)(=O)O)CCCC1. The Balaban J connectivity index is 1.36. The summed E-state index contributed by atoms with van der Waals surface area (Å²) in [5.41, 5.74) is -1.36. The maximum atomic E-state index is 13.6. The number of methoxy groups -OCH3 is 1. The predicted molar refractivity (Wildman–Crippen MR) is 131 cm³/mol. The van der Waals surface area contributed by atoms with E-state index in [0.717, 1.165) is 12.8 Å². The molecule has 1 saturated carbocycles. The van der Waals surface area contributed by atoms with Gasteiger partial charge in [0.25, 0.3) is 0 Å². The Morgan fingerprint density at radius 3 is 2.31 bits per heavy atom. The zero-order chi connectivity index (χ0) is 31.3. The molecular weight excluding hydrogens is 594 g/mol. The van der Waals surface area contributed by atoms with E-state index in [1.165, 1.54) is 0 Å². The van der Waals surface area contributed by atoms with Crippen molar-refractivity contribution in [1.82, 2.24) is 0 Å². The van der Waals surface area contributed by atoms with E-state index in [9.17, 15) is 36.4 Å². The first-order valence-electron chi connectivity index (χ1n) is 13.3. The van der Waals surface area contributed by atoms with Crippen molar-refractivity contribution in [2.75, 3.05) is 26.9 Å². The number of carbonyl (C=O) groups is 4. The number of rotatable bonds is 13. The molecule has 238 valence electrons. The van der Waals surface area contributed by atoms with E-state index in [2.05, 4.69) is 4.74 Å². The van der Waals surface area contributed by atoms with Crippen molar-refractivity contribution >= 4 is 34.0 Å². The van der Waals surface area contributed by atoms with Crippen molar-refractivity contribution in [3.63, 3.8) is 0 Å². The van der Waals surface area contributed by atoms with Gasteiger partial charge in [-0.3, -0.25) is 14.1 Å². The molecule has 17 heteroatoms. The summed E-state index contributed by atoms with van der Waals surface area (Å²) >= 11 is 0. The lowest BCUT2D eigenvalue weighted by Gasteiger charge is -2.44. The fraction of sp³-hybridized carbons (Fsp3) is 0.840. The molecular formula is C25H34F2O14S. The predicted octanol–water partition coefficient (Wildman–Crippen LogP) is 0.795. The van der Waals surface area contributed by atoms with E-state index in [0.29, 0.717) is 26.4 Å². The first-order valence-corrected chi connectivity index (χ1v) is 14.8. The van der Waals surface area contributed by atoms with Crippen LogP contribution in [0, 0.1) is 17.3 Å². The molecule has 0 aromatic carbocycles. The number of ether oxygens (including phenoxy) is 7. The topological polar surface area (TPSA) is 187 Å². The molecule has 3 heterocycles. The van der Waals surface area contributed by atoms with Crippen molar-refractivity contribution in [3.05, 3.63) is 0 Å². The van der Waals surface area contributed by atoms with Crippen LogP contribution in [0.15, 0.2) is 0 Å². The molecule has 1 aliphatic carbocycles. The molecule has 3 aliphatic heterocycles. The van der Waals surface area contributed by atoms with Gasteiger partial charge in [-0.15, -0.1) is 0 Å². The van der Waals surface area contributed by atoms with Crippen molar-refractivity contribution in [1.29, 1.82) is 0 Å². The molecule has 2 bridgehead atoms. The quantitative estimate of drug-likeness (QED) is 0.171. The van der Waals surface area contributed by atoms with Crippen LogP contribution in [0.1, 0.15) is 46.5 Å². The lowest BCUT2D eigenvalue weighted by molar-refractivity contribution is -0.190. The highest BCUT2D eigenvalue weighted by Crippen LogP contribution is 2.53. The van der Waals surface area contributed by atoms with E-state index in [1.54, 1.807) is 7.11 Å². The second-order valence-corrected chi connectivity index (χ2v) is 13.1. The summed E-state index contributed by atoms with van der Waals surface area (Å²) in [6.07, 6.45) is -3.69. The van der Waals surface area contributed by atoms with Gasteiger partial charge in [0.15, 0.2) is 18.3 Å². The van der Waals surface area contributed by atoms with E-state index in [4.69, 9.17) is 33.0 Å². The van der Waals surface area contributed by atoms with E-state index >= 15 is 0 Å². The minimum atomic E-state index is -5.85. The largest absolute Gasteiger partial charge is 0.458 e. The first-order chi connectivity index (χ1) is 19.5. The van der Waals surface area contributed by atoms with Crippen LogP contribution in [-0.2, 0) is 62.5 Å². The molecule has 0 amide bonds. The van der Waals surface area contributed by atoms with Gasteiger partial charge in [0, 0.05) is 12.5 Å². The van der Waals surface area contributed by atoms with Gasteiger partial charge in [0.2, 0.25) is 0 Å². The summed E-state index contributed by atoms with van der Waals surface area (Å²) in [5.74, 6) is -5.89. The molecule has 14 nitrogen and oxygen atoms in total. The number of fused-ring (bicyclic) bond motifs is 1. The number of hydrogen-bond acceptors (Lipinski definition) is 13. The molecule has 0 aromatic heterocycles. The molecule has 0 spiro atoms. The minimum Gasteiger partial charge on any atom is -0.458 e. The van der Waals surface area contributed by atoms with Gasteiger partial charge in [-0.1, -0.05) is 13.8 Å². The average molecular weight is 629 g/mol. The Morgan fingerprint density at radius 1 is 1.10 bits per heavy atom. The molecule has 3 saturated heterocycles. The molecule has 0 aromatic rings. The first kappa shape index (κ1) is 32.4. The summed E-state index contributed by atoms with van der Waals surface area (Å²) in [6, 6.07) is 0. The van der Waals surface area contributed by atoms with Crippen LogP contribution in [0.4, 0.5) is 8.78 Å². The van der Waals surface area contributed by atoms with Crippen LogP contribution in [0.2, 0.25) is 0 Å². The lowest BCUT2D eigenvalue weighted by Crippen LogP contribution is -2.53. The van der Waals surface area contributed by atoms with Crippen molar-refractivity contribution in [2.45, 2.75) is 87.8 Å². The van der Waals surface area contributed by atoms with Crippen LogP contribution in [-0.4, -0.2) is 105 Å². The number of esters is 4. The molecule has 4 rings (SSSR count). The number of halogens is 2. The number of carbonyl (C=O) groups excluding carboxylic acids is 4. The second-order valence-electron chi connectivity index (χ2n) is 11.6. The van der Waals surface area contributed by atoms with Gasteiger partial charge in [0.1, 0.15) is 42.9 Å². The maximum absolute atomic E-state index is 13.6. The monoisotopic (exact) mass is 628 g/mol. The third-order valence-corrected chi connectivity index (χ3v) is 9.48. The zero-order valence-electron chi connectivity index (χ0n) is 23.4. The summed E-state index contributed by atoms with van der Waals surface area (Å²) in [5, 5.41) is -4.77. The normalized spacial score (nSPS) is 30.6. The van der Waals surface area contributed by atoms with Crippen LogP contribution >= 0.6 is 0 Å². The summed E-state index contributed by atoms with van der Waals surface area (Å²) in [4.78, 5) is 50.5.